The molecule has 132 valence electrons. The number of nitrogens with one attached hydrogen (secondary N) is 1. The Balaban J connectivity index is 1.72. The third kappa shape index (κ3) is 5.86. The van der Waals surface area contributed by atoms with E-state index in [1.54, 1.807) is 0 Å². The standard InChI is InChI=1S/C19H28N2O2S/c1-14-9-15(2)11-16(10-14)20-18(22)12-24-13-19(23)21(3)17-7-5-4-6-8-17/h9-11,17H,4-8,12-13H2,1-3H3,(H,20,22). The SMILES string of the molecule is Cc1cc(C)cc(NC(=O)CSCC(=O)N(C)C2CCCCC2)c1. The fourth-order valence-electron chi connectivity index (χ4n) is 3.25. The van der Waals surface area contributed by atoms with Crippen LogP contribution in [0.25, 0.3) is 0 Å². The highest BCUT2D eigenvalue weighted by Gasteiger charge is 2.21. The molecule has 2 amide bonds. The predicted molar refractivity (Wildman–Crippen MR) is 102 cm³/mol. The molecule has 0 unspecified atom stereocenters. The van der Waals surface area contributed by atoms with Gasteiger partial charge in [0.25, 0.3) is 0 Å². The summed E-state index contributed by atoms with van der Waals surface area (Å²) in [6.45, 7) is 4.02. The summed E-state index contributed by atoms with van der Waals surface area (Å²) in [6.07, 6.45) is 5.94. The van der Waals surface area contributed by atoms with Crippen LogP contribution in [0.4, 0.5) is 5.69 Å². The number of amides is 2. The zero-order chi connectivity index (χ0) is 17.5. The molecule has 5 heteroatoms. The summed E-state index contributed by atoms with van der Waals surface area (Å²) < 4.78 is 0. The number of thioether (sulfide) groups is 1. The summed E-state index contributed by atoms with van der Waals surface area (Å²) in [4.78, 5) is 26.2. The van der Waals surface area contributed by atoms with Crippen LogP contribution in [0.15, 0.2) is 18.2 Å². The number of nitrogens with zero attached hydrogens (tertiary/aromatic N) is 1. The van der Waals surface area contributed by atoms with Crippen LogP contribution in [-0.4, -0.2) is 41.3 Å². The molecule has 0 spiro atoms. The number of benzene rings is 1. The monoisotopic (exact) mass is 348 g/mol. The van der Waals surface area contributed by atoms with Gasteiger partial charge in [-0.3, -0.25) is 9.59 Å². The van der Waals surface area contributed by atoms with Crippen LogP contribution in [0, 0.1) is 13.8 Å². The number of anilines is 1. The van der Waals surface area contributed by atoms with Crippen LogP contribution >= 0.6 is 11.8 Å². The molecule has 1 aromatic rings. The lowest BCUT2D eigenvalue weighted by Crippen LogP contribution is -2.39. The van der Waals surface area contributed by atoms with Gasteiger partial charge in [0, 0.05) is 18.8 Å². The molecular formula is C19H28N2O2S. The molecule has 24 heavy (non-hydrogen) atoms. The number of aryl methyl sites for hydroxylation is 2. The quantitative estimate of drug-likeness (QED) is 0.851. The summed E-state index contributed by atoms with van der Waals surface area (Å²) in [5.41, 5.74) is 3.08. The fourth-order valence-corrected chi connectivity index (χ4v) is 3.99. The first-order valence-electron chi connectivity index (χ1n) is 8.67. The minimum Gasteiger partial charge on any atom is -0.342 e. The average Bonchev–Trinajstić information content (AvgIpc) is 2.53. The van der Waals surface area contributed by atoms with Gasteiger partial charge in [0.1, 0.15) is 0 Å². The van der Waals surface area contributed by atoms with E-state index < -0.39 is 0 Å². The molecule has 0 aliphatic heterocycles. The number of hydrogen-bond donors (Lipinski definition) is 1. The summed E-state index contributed by atoms with van der Waals surface area (Å²) in [5.74, 6) is 0.744. The molecule has 4 nitrogen and oxygen atoms in total. The van der Waals surface area contributed by atoms with E-state index >= 15 is 0 Å². The minimum atomic E-state index is -0.0573. The summed E-state index contributed by atoms with van der Waals surface area (Å²) in [7, 11) is 1.90. The Hall–Kier alpha value is -1.49. The third-order valence-electron chi connectivity index (χ3n) is 4.48. The Morgan fingerprint density at radius 3 is 2.33 bits per heavy atom. The molecule has 1 aliphatic carbocycles. The van der Waals surface area contributed by atoms with E-state index in [0.717, 1.165) is 29.7 Å². The van der Waals surface area contributed by atoms with Crippen molar-refractivity contribution in [2.24, 2.45) is 0 Å². The molecule has 0 aromatic heterocycles. The Labute approximate surface area is 149 Å². The van der Waals surface area contributed by atoms with Gasteiger partial charge in [0.2, 0.25) is 11.8 Å². The van der Waals surface area contributed by atoms with Crippen LogP contribution in [0.1, 0.15) is 43.2 Å². The van der Waals surface area contributed by atoms with Gasteiger partial charge >= 0.3 is 0 Å². The van der Waals surface area contributed by atoms with E-state index in [2.05, 4.69) is 11.4 Å². The highest BCUT2D eigenvalue weighted by atomic mass is 32.2. The topological polar surface area (TPSA) is 49.4 Å². The van der Waals surface area contributed by atoms with Crippen molar-refractivity contribution >= 4 is 29.3 Å². The number of hydrogen-bond acceptors (Lipinski definition) is 3. The van der Waals surface area contributed by atoms with E-state index in [4.69, 9.17) is 0 Å². The average molecular weight is 349 g/mol. The van der Waals surface area contributed by atoms with Crippen molar-refractivity contribution in [3.63, 3.8) is 0 Å². The highest BCUT2D eigenvalue weighted by Crippen LogP contribution is 2.22. The van der Waals surface area contributed by atoms with E-state index in [1.807, 2.05) is 37.9 Å². The molecule has 0 saturated heterocycles. The Morgan fingerprint density at radius 2 is 1.71 bits per heavy atom. The van der Waals surface area contributed by atoms with E-state index in [-0.39, 0.29) is 11.8 Å². The second-order valence-corrected chi connectivity index (χ2v) is 7.70. The first kappa shape index (κ1) is 18.8. The Bertz CT molecular complexity index is 562. The first-order valence-corrected chi connectivity index (χ1v) is 9.82. The lowest BCUT2D eigenvalue weighted by atomic mass is 9.94. The smallest absolute Gasteiger partial charge is 0.234 e. The van der Waals surface area contributed by atoms with Gasteiger partial charge in [-0.1, -0.05) is 25.3 Å². The van der Waals surface area contributed by atoms with Crippen molar-refractivity contribution in [3.8, 4) is 0 Å². The van der Waals surface area contributed by atoms with Gasteiger partial charge in [0.05, 0.1) is 11.5 Å². The van der Waals surface area contributed by atoms with Crippen molar-refractivity contribution in [3.05, 3.63) is 29.3 Å². The second-order valence-electron chi connectivity index (χ2n) is 6.71. The molecule has 1 N–H and O–H groups in total. The maximum Gasteiger partial charge on any atom is 0.234 e. The van der Waals surface area contributed by atoms with Gasteiger partial charge in [0.15, 0.2) is 0 Å². The van der Waals surface area contributed by atoms with Crippen LogP contribution in [-0.2, 0) is 9.59 Å². The molecule has 0 atom stereocenters. The number of rotatable bonds is 6. The molecule has 1 fully saturated rings. The Kier molecular flexibility index (Phi) is 7.16. The van der Waals surface area contributed by atoms with Gasteiger partial charge in [-0.05, 0) is 49.9 Å². The number of carbonyl (C=O) groups excluding carboxylic acids is 2. The van der Waals surface area contributed by atoms with E-state index in [9.17, 15) is 9.59 Å². The summed E-state index contributed by atoms with van der Waals surface area (Å²) in [6, 6.07) is 6.37. The molecule has 1 saturated carbocycles. The minimum absolute atomic E-state index is 0.0573. The molecular weight excluding hydrogens is 320 g/mol. The number of carbonyl (C=O) groups is 2. The zero-order valence-electron chi connectivity index (χ0n) is 14.9. The van der Waals surface area contributed by atoms with Crippen molar-refractivity contribution in [2.75, 3.05) is 23.9 Å². The largest absolute Gasteiger partial charge is 0.342 e. The van der Waals surface area contributed by atoms with Crippen molar-refractivity contribution < 1.29 is 9.59 Å². The molecule has 1 aliphatic rings. The molecule has 2 rings (SSSR count). The van der Waals surface area contributed by atoms with Gasteiger partial charge in [-0.25, -0.2) is 0 Å². The zero-order valence-corrected chi connectivity index (χ0v) is 15.7. The molecule has 0 heterocycles. The summed E-state index contributed by atoms with van der Waals surface area (Å²) >= 11 is 1.39. The normalized spacial score (nSPS) is 15.1. The van der Waals surface area contributed by atoms with Crippen LogP contribution in [0.2, 0.25) is 0 Å². The van der Waals surface area contributed by atoms with Crippen molar-refractivity contribution in [1.82, 2.24) is 4.90 Å². The maximum absolute atomic E-state index is 12.2. The molecule has 1 aromatic carbocycles. The highest BCUT2D eigenvalue weighted by molar-refractivity contribution is 8.00. The third-order valence-corrected chi connectivity index (χ3v) is 5.40. The maximum atomic E-state index is 12.2. The molecule has 0 bridgehead atoms. The lowest BCUT2D eigenvalue weighted by molar-refractivity contribution is -0.129. The van der Waals surface area contributed by atoms with Crippen LogP contribution < -0.4 is 5.32 Å². The molecule has 0 radical (unpaired) electrons. The second kappa shape index (κ2) is 9.11. The van der Waals surface area contributed by atoms with Crippen LogP contribution in [0.5, 0.6) is 0 Å². The predicted octanol–water partition coefficient (Wildman–Crippen LogP) is 3.77. The summed E-state index contributed by atoms with van der Waals surface area (Å²) in [5, 5.41) is 2.91. The van der Waals surface area contributed by atoms with Crippen molar-refractivity contribution in [2.45, 2.75) is 52.0 Å². The van der Waals surface area contributed by atoms with E-state index in [0.29, 0.717) is 17.5 Å². The van der Waals surface area contributed by atoms with Gasteiger partial charge in [-0.2, -0.15) is 0 Å². The Morgan fingerprint density at radius 1 is 1.08 bits per heavy atom. The van der Waals surface area contributed by atoms with Crippen LogP contribution in [0.3, 0.4) is 0 Å². The van der Waals surface area contributed by atoms with E-state index in [1.165, 1.54) is 31.0 Å². The lowest BCUT2D eigenvalue weighted by Gasteiger charge is -2.31. The van der Waals surface area contributed by atoms with Gasteiger partial charge < -0.3 is 10.2 Å². The van der Waals surface area contributed by atoms with Crippen molar-refractivity contribution in [1.29, 1.82) is 0 Å². The fraction of sp³-hybridized carbons (Fsp3) is 0.579. The van der Waals surface area contributed by atoms with Gasteiger partial charge in [-0.15, -0.1) is 11.8 Å². The first-order chi connectivity index (χ1) is 11.5.